The molecule has 0 saturated carbocycles. The van der Waals surface area contributed by atoms with Gasteiger partial charge in [0.1, 0.15) is 16.3 Å². The fraction of sp³-hybridized carbons (Fsp3) is 0.286. The van der Waals surface area contributed by atoms with Gasteiger partial charge in [0.25, 0.3) is 0 Å². The molecule has 8 nitrogen and oxygen atoms in total. The molecule has 0 aliphatic rings. The molecule has 1 atom stereocenters. The molecule has 0 aliphatic carbocycles. The maximum Gasteiger partial charge on any atom is 0.341 e. The van der Waals surface area contributed by atoms with Gasteiger partial charge in [0.2, 0.25) is 5.91 Å². The van der Waals surface area contributed by atoms with Crippen LogP contribution in [-0.4, -0.2) is 39.0 Å². The van der Waals surface area contributed by atoms with Crippen molar-refractivity contribution >= 4 is 40.0 Å². The smallest absolute Gasteiger partial charge is 0.341 e. The number of hydrogen-bond acceptors (Lipinski definition) is 8. The van der Waals surface area contributed by atoms with Crippen molar-refractivity contribution < 1.29 is 19.1 Å². The van der Waals surface area contributed by atoms with Gasteiger partial charge in [-0.05, 0) is 56.5 Å². The van der Waals surface area contributed by atoms with Crippen LogP contribution in [-0.2, 0) is 16.6 Å². The predicted molar refractivity (Wildman–Crippen MR) is 151 cm³/mol. The second-order valence-corrected chi connectivity index (χ2v) is 10.6. The third-order valence-corrected chi connectivity index (χ3v) is 7.60. The van der Waals surface area contributed by atoms with Crippen molar-refractivity contribution in [3.63, 3.8) is 0 Å². The zero-order valence-electron chi connectivity index (χ0n) is 22.0. The summed E-state index contributed by atoms with van der Waals surface area (Å²) < 4.78 is 13.2. The summed E-state index contributed by atoms with van der Waals surface area (Å²) in [6.07, 6.45) is -0.327. The summed E-state index contributed by atoms with van der Waals surface area (Å²) in [6, 6.07) is 15.6. The van der Waals surface area contributed by atoms with Crippen LogP contribution in [0.3, 0.4) is 0 Å². The fourth-order valence-electron chi connectivity index (χ4n) is 4.04. The Kier molecular flexibility index (Phi) is 8.85. The van der Waals surface area contributed by atoms with Gasteiger partial charge < -0.3 is 19.4 Å². The van der Waals surface area contributed by atoms with E-state index in [1.807, 2.05) is 80.2 Å². The normalized spacial score (nSPS) is 11.7. The fourth-order valence-corrected chi connectivity index (χ4v) is 5.73. The summed E-state index contributed by atoms with van der Waals surface area (Å²) in [6.45, 7) is 7.97. The largest absolute Gasteiger partial charge is 0.483 e. The number of benzene rings is 2. The number of thioether (sulfide) groups is 1. The molecule has 1 N–H and O–H groups in total. The molecule has 10 heteroatoms. The topological polar surface area (TPSA) is 95.3 Å². The predicted octanol–water partition coefficient (Wildman–Crippen LogP) is 6.21. The van der Waals surface area contributed by atoms with Crippen molar-refractivity contribution in [1.29, 1.82) is 0 Å². The van der Waals surface area contributed by atoms with Gasteiger partial charge in [-0.3, -0.25) is 4.79 Å². The molecule has 2 aromatic heterocycles. The van der Waals surface area contributed by atoms with E-state index in [2.05, 4.69) is 21.6 Å². The van der Waals surface area contributed by atoms with Gasteiger partial charge in [0, 0.05) is 18.0 Å². The van der Waals surface area contributed by atoms with E-state index in [4.69, 9.17) is 9.47 Å². The van der Waals surface area contributed by atoms with Crippen LogP contribution in [0.15, 0.2) is 59.1 Å². The minimum absolute atomic E-state index is 0.0964. The number of carbonyl (C=O) groups is 2. The molecule has 198 valence electrons. The Labute approximate surface area is 230 Å². The molecule has 38 heavy (non-hydrogen) atoms. The quantitative estimate of drug-likeness (QED) is 0.185. The third-order valence-electron chi connectivity index (χ3n) is 5.68. The number of aryl methyl sites for hydroxylation is 2. The minimum atomic E-state index is -0.466. The first-order chi connectivity index (χ1) is 18.3. The van der Waals surface area contributed by atoms with Crippen molar-refractivity contribution in [2.75, 3.05) is 17.7 Å². The average Bonchev–Trinajstić information content (AvgIpc) is 3.46. The lowest BCUT2D eigenvalue weighted by atomic mass is 10.0. The Balaban J connectivity index is 1.43. The minimum Gasteiger partial charge on any atom is -0.483 e. The molecule has 2 heterocycles. The molecule has 0 radical (unpaired) electrons. The number of hydrogen-bond donors (Lipinski definition) is 1. The summed E-state index contributed by atoms with van der Waals surface area (Å²) in [4.78, 5) is 25.6. The van der Waals surface area contributed by atoms with Crippen molar-refractivity contribution in [3.8, 4) is 16.9 Å². The number of nitrogens with one attached hydrogen (secondary N) is 1. The van der Waals surface area contributed by atoms with Crippen LogP contribution in [0.2, 0.25) is 0 Å². The highest BCUT2D eigenvalue weighted by atomic mass is 32.2. The lowest BCUT2D eigenvalue weighted by Crippen LogP contribution is -2.17. The Bertz CT molecular complexity index is 1410. The summed E-state index contributed by atoms with van der Waals surface area (Å²) in [5, 5.41) is 14.3. The third kappa shape index (κ3) is 6.43. The van der Waals surface area contributed by atoms with Crippen molar-refractivity contribution in [2.45, 2.75) is 39.0 Å². The van der Waals surface area contributed by atoms with E-state index in [1.165, 1.54) is 23.1 Å². The van der Waals surface area contributed by atoms with E-state index in [1.54, 1.807) is 6.92 Å². The Morgan fingerprint density at radius 3 is 2.50 bits per heavy atom. The number of rotatable bonds is 10. The summed E-state index contributed by atoms with van der Waals surface area (Å²) in [7, 11) is 1.85. The molecule has 4 aromatic rings. The highest BCUT2D eigenvalue weighted by Crippen LogP contribution is 2.36. The lowest BCUT2D eigenvalue weighted by molar-refractivity contribution is -0.113. The van der Waals surface area contributed by atoms with Crippen LogP contribution < -0.4 is 10.1 Å². The molecule has 1 unspecified atom stereocenters. The van der Waals surface area contributed by atoms with E-state index in [0.29, 0.717) is 21.5 Å². The first-order valence-electron chi connectivity index (χ1n) is 12.2. The molecular formula is C28H30N4O4S2. The standard InChI is InChI=1S/C28H30N4O4S2/c1-6-35-27(34)24-22(20-10-8-7-9-11-20)15-37-26(24)29-23(33)16-38-28-31-30-25(32(28)5)19(4)36-21-13-17(2)12-18(3)14-21/h7-15,19H,6,16H2,1-5H3,(H,29,33). The summed E-state index contributed by atoms with van der Waals surface area (Å²) >= 11 is 2.56. The van der Waals surface area contributed by atoms with E-state index < -0.39 is 5.97 Å². The maximum absolute atomic E-state index is 12.9. The Hall–Kier alpha value is -3.63. The average molecular weight is 551 g/mol. The zero-order chi connectivity index (χ0) is 27.2. The van der Waals surface area contributed by atoms with Crippen molar-refractivity contribution in [3.05, 3.63) is 76.4 Å². The number of ether oxygens (including phenoxy) is 2. The van der Waals surface area contributed by atoms with E-state index in [9.17, 15) is 9.59 Å². The van der Waals surface area contributed by atoms with Gasteiger partial charge in [-0.25, -0.2) is 4.79 Å². The van der Waals surface area contributed by atoms with Crippen LogP contribution in [0.5, 0.6) is 5.75 Å². The number of thiophene rings is 1. The summed E-state index contributed by atoms with van der Waals surface area (Å²) in [5.41, 5.74) is 4.22. The molecule has 4 rings (SSSR count). The first-order valence-corrected chi connectivity index (χ1v) is 14.0. The van der Waals surface area contributed by atoms with Crippen molar-refractivity contribution in [1.82, 2.24) is 14.8 Å². The van der Waals surface area contributed by atoms with Crippen LogP contribution in [0.25, 0.3) is 11.1 Å². The maximum atomic E-state index is 12.9. The second-order valence-electron chi connectivity index (χ2n) is 8.76. The summed E-state index contributed by atoms with van der Waals surface area (Å²) in [5.74, 6) is 0.800. The van der Waals surface area contributed by atoms with Crippen LogP contribution in [0, 0.1) is 13.8 Å². The van der Waals surface area contributed by atoms with Gasteiger partial charge in [0.15, 0.2) is 17.1 Å². The van der Waals surface area contributed by atoms with Crippen molar-refractivity contribution in [2.24, 2.45) is 7.05 Å². The molecule has 2 aromatic carbocycles. The van der Waals surface area contributed by atoms with Crippen LogP contribution in [0.1, 0.15) is 47.3 Å². The monoisotopic (exact) mass is 550 g/mol. The number of anilines is 1. The highest BCUT2D eigenvalue weighted by Gasteiger charge is 2.23. The Morgan fingerprint density at radius 1 is 1.11 bits per heavy atom. The van der Waals surface area contributed by atoms with E-state index >= 15 is 0 Å². The Morgan fingerprint density at radius 2 is 1.82 bits per heavy atom. The number of esters is 1. The number of aromatic nitrogens is 3. The number of amides is 1. The zero-order valence-corrected chi connectivity index (χ0v) is 23.6. The van der Waals surface area contributed by atoms with E-state index in [0.717, 1.165) is 28.0 Å². The molecule has 0 bridgehead atoms. The van der Waals surface area contributed by atoms with Gasteiger partial charge in [-0.1, -0.05) is 48.2 Å². The molecule has 1 amide bonds. The van der Waals surface area contributed by atoms with Crippen LogP contribution in [0.4, 0.5) is 5.00 Å². The van der Waals surface area contributed by atoms with Gasteiger partial charge >= 0.3 is 5.97 Å². The van der Waals surface area contributed by atoms with E-state index in [-0.39, 0.29) is 24.4 Å². The molecule has 0 saturated heterocycles. The first kappa shape index (κ1) is 27.4. The van der Waals surface area contributed by atoms with Crippen LogP contribution >= 0.6 is 23.1 Å². The molecule has 0 fully saturated rings. The van der Waals surface area contributed by atoms with Gasteiger partial charge in [-0.2, -0.15) is 0 Å². The molecule has 0 aliphatic heterocycles. The van der Waals surface area contributed by atoms with Gasteiger partial charge in [0.05, 0.1) is 12.4 Å². The molecular weight excluding hydrogens is 520 g/mol. The SMILES string of the molecule is CCOC(=O)c1c(-c2ccccc2)csc1NC(=O)CSc1nnc(C(C)Oc2cc(C)cc(C)c2)n1C. The molecule has 0 spiro atoms. The van der Waals surface area contributed by atoms with Gasteiger partial charge in [-0.15, -0.1) is 21.5 Å². The lowest BCUT2D eigenvalue weighted by Gasteiger charge is -2.15. The second kappa shape index (κ2) is 12.3. The number of nitrogens with zero attached hydrogens (tertiary/aromatic N) is 3. The highest BCUT2D eigenvalue weighted by molar-refractivity contribution is 7.99. The number of carbonyl (C=O) groups excluding carboxylic acids is 2.